The summed E-state index contributed by atoms with van der Waals surface area (Å²) >= 11 is 0. The van der Waals surface area contributed by atoms with Gasteiger partial charge in [-0.05, 0) is 62.0 Å². The highest BCUT2D eigenvalue weighted by molar-refractivity contribution is 6.08. The van der Waals surface area contributed by atoms with Crippen LogP contribution in [0.3, 0.4) is 0 Å². The number of hydrogen-bond donors (Lipinski definition) is 3. The van der Waals surface area contributed by atoms with Gasteiger partial charge in [0.15, 0.2) is 0 Å². The molecule has 43 heavy (non-hydrogen) atoms. The third-order valence-corrected chi connectivity index (χ3v) is 7.19. The van der Waals surface area contributed by atoms with E-state index in [1.807, 2.05) is 81.8 Å². The Hall–Kier alpha value is -5.15. The summed E-state index contributed by atoms with van der Waals surface area (Å²) in [6.07, 6.45) is 3.49. The molecule has 0 saturated carbocycles. The maximum Gasteiger partial charge on any atom is 0.247 e. The number of anilines is 3. The predicted molar refractivity (Wildman–Crippen MR) is 174 cm³/mol. The molecule has 3 aromatic carbocycles. The van der Waals surface area contributed by atoms with E-state index in [-0.39, 0.29) is 11.7 Å². The minimum absolute atomic E-state index is 0.240. The Balaban J connectivity index is 1.61. The van der Waals surface area contributed by atoms with Crippen molar-refractivity contribution in [3.05, 3.63) is 97.3 Å². The van der Waals surface area contributed by atoms with Crippen molar-refractivity contribution in [3.63, 3.8) is 0 Å². The van der Waals surface area contributed by atoms with Gasteiger partial charge in [0.1, 0.15) is 23.7 Å². The highest BCUT2D eigenvalue weighted by Crippen LogP contribution is 2.44. The Kier molecular flexibility index (Phi) is 9.02. The van der Waals surface area contributed by atoms with Crippen LogP contribution in [0, 0.1) is 0 Å². The molecule has 0 radical (unpaired) electrons. The van der Waals surface area contributed by atoms with Crippen molar-refractivity contribution in [1.82, 2.24) is 14.9 Å². The third-order valence-electron chi connectivity index (χ3n) is 7.19. The number of nitrogens with one attached hydrogen (secondary N) is 2. The van der Waals surface area contributed by atoms with E-state index in [0.717, 1.165) is 52.8 Å². The van der Waals surface area contributed by atoms with E-state index in [9.17, 15) is 9.90 Å². The predicted octanol–water partition coefficient (Wildman–Crippen LogP) is 6.04. The van der Waals surface area contributed by atoms with Gasteiger partial charge in [-0.3, -0.25) is 4.79 Å². The van der Waals surface area contributed by atoms with Crippen LogP contribution in [-0.4, -0.2) is 66.7 Å². The van der Waals surface area contributed by atoms with Crippen LogP contribution in [0.4, 0.5) is 17.2 Å². The topological polar surface area (TPSA) is 107 Å². The molecule has 9 heteroatoms. The molecule has 1 amide bonds. The van der Waals surface area contributed by atoms with E-state index >= 15 is 0 Å². The van der Waals surface area contributed by atoms with Crippen LogP contribution in [0.1, 0.15) is 5.56 Å². The fraction of sp³-hybridized carbons (Fsp3) is 0.206. The number of aromatic nitrogens is 2. The van der Waals surface area contributed by atoms with E-state index in [1.54, 1.807) is 12.1 Å². The Morgan fingerprint density at radius 3 is 2.47 bits per heavy atom. The van der Waals surface area contributed by atoms with Gasteiger partial charge in [0.25, 0.3) is 0 Å². The third kappa shape index (κ3) is 6.85. The largest absolute Gasteiger partial charge is 0.508 e. The quantitative estimate of drug-likeness (QED) is 0.154. The maximum atomic E-state index is 12.5. The summed E-state index contributed by atoms with van der Waals surface area (Å²) < 4.78 is 6.40. The number of rotatable bonds is 12. The van der Waals surface area contributed by atoms with Crippen molar-refractivity contribution >= 4 is 34.2 Å². The molecule has 0 atom stereocenters. The number of phenols is 1. The molecule has 220 valence electrons. The number of aromatic hydroxyl groups is 1. The second-order valence-corrected chi connectivity index (χ2v) is 10.6. The van der Waals surface area contributed by atoms with Crippen LogP contribution >= 0.6 is 0 Å². The molecule has 0 aliphatic carbocycles. The monoisotopic (exact) mass is 576 g/mol. The normalized spacial score (nSPS) is 11.1. The number of benzene rings is 3. The summed E-state index contributed by atoms with van der Waals surface area (Å²) in [4.78, 5) is 25.8. The van der Waals surface area contributed by atoms with Crippen LogP contribution < -0.4 is 15.5 Å². The number of furan rings is 1. The molecule has 2 aromatic heterocycles. The average Bonchev–Trinajstić information content (AvgIpc) is 3.42. The summed E-state index contributed by atoms with van der Waals surface area (Å²) in [5, 5.41) is 16.8. The van der Waals surface area contributed by atoms with Crippen molar-refractivity contribution < 1.29 is 14.3 Å². The smallest absolute Gasteiger partial charge is 0.247 e. The molecular weight excluding hydrogens is 540 g/mol. The number of phenolic OH excluding ortho intramolecular Hbond substituents is 1. The minimum atomic E-state index is -0.292. The molecule has 3 N–H and O–H groups in total. The lowest BCUT2D eigenvalue weighted by Gasteiger charge is -2.25. The molecule has 0 unspecified atom stereocenters. The Morgan fingerprint density at radius 2 is 1.74 bits per heavy atom. The fourth-order valence-electron chi connectivity index (χ4n) is 4.90. The molecule has 0 aliphatic heterocycles. The van der Waals surface area contributed by atoms with Crippen LogP contribution in [0.25, 0.3) is 33.6 Å². The first-order valence-electron chi connectivity index (χ1n) is 14.1. The van der Waals surface area contributed by atoms with E-state index < -0.39 is 0 Å². The fourth-order valence-corrected chi connectivity index (χ4v) is 4.90. The van der Waals surface area contributed by atoms with Gasteiger partial charge >= 0.3 is 0 Å². The Bertz CT molecular complexity index is 1710. The molecule has 0 saturated heterocycles. The van der Waals surface area contributed by atoms with E-state index in [0.29, 0.717) is 29.5 Å². The first kappa shape index (κ1) is 29.3. The van der Waals surface area contributed by atoms with Gasteiger partial charge in [0.05, 0.1) is 16.8 Å². The highest BCUT2D eigenvalue weighted by Gasteiger charge is 2.23. The number of amides is 1. The first-order valence-corrected chi connectivity index (χ1v) is 14.1. The van der Waals surface area contributed by atoms with Crippen molar-refractivity contribution in [2.75, 3.05) is 56.3 Å². The molecule has 2 heterocycles. The summed E-state index contributed by atoms with van der Waals surface area (Å²) in [7, 11) is 6.07. The second kappa shape index (κ2) is 13.2. The van der Waals surface area contributed by atoms with Crippen molar-refractivity contribution in [2.24, 2.45) is 0 Å². The summed E-state index contributed by atoms with van der Waals surface area (Å²) in [6, 6.07) is 23.1. The van der Waals surface area contributed by atoms with Crippen molar-refractivity contribution in [2.45, 2.75) is 6.42 Å². The lowest BCUT2D eigenvalue weighted by atomic mass is 9.98. The summed E-state index contributed by atoms with van der Waals surface area (Å²) in [6.45, 7) is 5.88. The Labute approximate surface area is 251 Å². The zero-order valence-corrected chi connectivity index (χ0v) is 24.7. The van der Waals surface area contributed by atoms with Gasteiger partial charge in [0, 0.05) is 37.8 Å². The molecule has 0 spiro atoms. The number of likely N-dealkylation sites (N-methyl/N-ethyl adjacent to an activating group) is 2. The lowest BCUT2D eigenvalue weighted by molar-refractivity contribution is -0.111. The standard InChI is InChI=1S/C34H36N6O3/c1-5-29(42)38-27-21-25(13-16-28(27)40(4)20-19-39(2)3)30-31-33(35-18-17-23-11-14-26(41)15-12-23)36-22-37-34(31)43-32(30)24-9-7-6-8-10-24/h5-16,21-22,41H,1,17-20H2,2-4H3,(H,38,42)(H,35,36,37). The van der Waals surface area contributed by atoms with Crippen molar-refractivity contribution in [3.8, 4) is 28.2 Å². The average molecular weight is 577 g/mol. The van der Waals surface area contributed by atoms with Gasteiger partial charge in [-0.1, -0.05) is 55.1 Å². The lowest BCUT2D eigenvalue weighted by Crippen LogP contribution is -2.29. The van der Waals surface area contributed by atoms with E-state index in [2.05, 4.69) is 37.0 Å². The first-order chi connectivity index (χ1) is 20.8. The van der Waals surface area contributed by atoms with Crippen molar-refractivity contribution in [1.29, 1.82) is 0 Å². The summed E-state index contributed by atoms with van der Waals surface area (Å²) in [5.41, 5.74) is 5.66. The van der Waals surface area contributed by atoms with Gasteiger partial charge in [0.2, 0.25) is 11.6 Å². The number of fused-ring (bicyclic) bond motifs is 1. The number of carbonyl (C=O) groups is 1. The van der Waals surface area contributed by atoms with Gasteiger partial charge in [-0.2, -0.15) is 0 Å². The SMILES string of the molecule is C=CC(=O)Nc1cc(-c2c(-c3ccccc3)oc3ncnc(NCCc4ccc(O)cc4)c23)ccc1N(C)CCN(C)C. The molecule has 9 nitrogen and oxygen atoms in total. The highest BCUT2D eigenvalue weighted by atomic mass is 16.3. The van der Waals surface area contributed by atoms with Crippen LogP contribution in [0.2, 0.25) is 0 Å². The minimum Gasteiger partial charge on any atom is -0.508 e. The number of carbonyl (C=O) groups excluding carboxylic acids is 1. The zero-order valence-electron chi connectivity index (χ0n) is 24.7. The molecule has 0 fully saturated rings. The van der Waals surface area contributed by atoms with E-state index in [1.165, 1.54) is 12.4 Å². The van der Waals surface area contributed by atoms with Crippen LogP contribution in [0.5, 0.6) is 5.75 Å². The zero-order chi connectivity index (χ0) is 30.3. The van der Waals surface area contributed by atoms with Gasteiger partial charge < -0.3 is 30.0 Å². The summed E-state index contributed by atoms with van der Waals surface area (Å²) in [5.74, 6) is 1.25. The van der Waals surface area contributed by atoms with Crippen LogP contribution in [0.15, 0.2) is 96.2 Å². The molecular formula is C34H36N6O3. The Morgan fingerprint density at radius 1 is 0.977 bits per heavy atom. The van der Waals surface area contributed by atoms with Gasteiger partial charge in [-0.15, -0.1) is 0 Å². The molecule has 5 aromatic rings. The van der Waals surface area contributed by atoms with Crippen LogP contribution in [-0.2, 0) is 11.2 Å². The number of nitrogens with zero attached hydrogens (tertiary/aromatic N) is 4. The second-order valence-electron chi connectivity index (χ2n) is 10.6. The molecule has 0 aliphatic rings. The van der Waals surface area contributed by atoms with Gasteiger partial charge in [-0.25, -0.2) is 9.97 Å². The number of hydrogen-bond acceptors (Lipinski definition) is 8. The van der Waals surface area contributed by atoms with E-state index in [4.69, 9.17) is 4.42 Å². The molecule has 0 bridgehead atoms. The maximum absolute atomic E-state index is 12.5. The molecule has 5 rings (SSSR count).